The molecule has 1 aliphatic rings. The summed E-state index contributed by atoms with van der Waals surface area (Å²) in [6, 6.07) is 8.70. The Labute approximate surface area is 97.5 Å². The lowest BCUT2D eigenvalue weighted by molar-refractivity contribution is -1.09. The zero-order valence-electron chi connectivity index (χ0n) is 10.2. The molecule has 1 N–H and O–H groups in total. The molecule has 0 amide bonds. The first-order valence-electron chi connectivity index (χ1n) is 5.90. The van der Waals surface area contributed by atoms with Gasteiger partial charge in [-0.3, -0.25) is 4.90 Å². The van der Waals surface area contributed by atoms with Crippen molar-refractivity contribution in [1.82, 2.24) is 4.90 Å². The minimum atomic E-state index is 0.171. The average molecular weight is 221 g/mol. The lowest BCUT2D eigenvalue weighted by atomic mass is 10.1. The first kappa shape index (κ1) is 11.6. The maximum Gasteiger partial charge on any atom is 0.121 e. The van der Waals surface area contributed by atoms with E-state index in [-0.39, 0.29) is 4.65 Å². The minimum absolute atomic E-state index is 0.171. The van der Waals surface area contributed by atoms with Crippen LogP contribution in [0.1, 0.15) is 11.1 Å². The van der Waals surface area contributed by atoms with Gasteiger partial charge in [0, 0.05) is 6.54 Å². The number of aryl methyl sites for hydroxylation is 1. The van der Waals surface area contributed by atoms with E-state index in [0.717, 1.165) is 32.7 Å². The number of hydroxylamine groups is 3. The molecule has 0 aliphatic carbocycles. The van der Waals surface area contributed by atoms with Gasteiger partial charge >= 0.3 is 0 Å². The SMILES string of the molecule is Cc1ccc(CN2CC[N+](C)(O)CC2)cc1. The number of quaternary nitrogens is 1. The van der Waals surface area contributed by atoms with E-state index < -0.39 is 0 Å². The second-order valence-electron chi connectivity index (χ2n) is 5.05. The van der Waals surface area contributed by atoms with Crippen molar-refractivity contribution in [3.63, 3.8) is 0 Å². The van der Waals surface area contributed by atoms with Gasteiger partial charge in [-0.15, -0.1) is 0 Å². The number of nitrogens with zero attached hydrogens (tertiary/aromatic N) is 2. The van der Waals surface area contributed by atoms with E-state index in [0.29, 0.717) is 0 Å². The molecule has 0 radical (unpaired) electrons. The summed E-state index contributed by atoms with van der Waals surface area (Å²) in [5.41, 5.74) is 2.67. The predicted octanol–water partition coefficient (Wildman–Crippen LogP) is 1.65. The van der Waals surface area contributed by atoms with Crippen LogP contribution in [0, 0.1) is 6.92 Å². The maximum atomic E-state index is 9.81. The molecule has 0 bridgehead atoms. The topological polar surface area (TPSA) is 23.5 Å². The largest absolute Gasteiger partial charge is 0.288 e. The third-order valence-electron chi connectivity index (χ3n) is 3.32. The van der Waals surface area contributed by atoms with Gasteiger partial charge in [-0.1, -0.05) is 29.8 Å². The Morgan fingerprint density at radius 1 is 1.19 bits per heavy atom. The number of hydrogen-bond acceptors (Lipinski definition) is 2. The lowest BCUT2D eigenvalue weighted by Gasteiger charge is -2.35. The van der Waals surface area contributed by atoms with Crippen molar-refractivity contribution in [1.29, 1.82) is 0 Å². The fraction of sp³-hybridized carbons (Fsp3) is 0.538. The minimum Gasteiger partial charge on any atom is -0.288 e. The van der Waals surface area contributed by atoms with E-state index >= 15 is 0 Å². The Bertz CT molecular complexity index is 335. The molecule has 0 saturated carbocycles. The first-order valence-corrected chi connectivity index (χ1v) is 5.90. The van der Waals surface area contributed by atoms with E-state index in [9.17, 15) is 5.21 Å². The normalized spacial score (nSPS) is 20.9. The van der Waals surface area contributed by atoms with E-state index in [4.69, 9.17) is 0 Å². The third-order valence-corrected chi connectivity index (χ3v) is 3.32. The van der Waals surface area contributed by atoms with Crippen LogP contribution in [0.5, 0.6) is 0 Å². The molecular formula is C13H21N2O+. The van der Waals surface area contributed by atoms with Crippen molar-refractivity contribution in [3.8, 4) is 0 Å². The summed E-state index contributed by atoms with van der Waals surface area (Å²) >= 11 is 0. The van der Waals surface area contributed by atoms with Gasteiger partial charge in [0.25, 0.3) is 0 Å². The Kier molecular flexibility index (Phi) is 3.28. The summed E-state index contributed by atoms with van der Waals surface area (Å²) < 4.78 is 0.171. The molecule has 1 aromatic carbocycles. The zero-order chi connectivity index (χ0) is 11.6. The number of rotatable bonds is 2. The fourth-order valence-electron chi connectivity index (χ4n) is 2.05. The second-order valence-corrected chi connectivity index (χ2v) is 5.05. The molecule has 0 unspecified atom stereocenters. The van der Waals surface area contributed by atoms with Crippen LogP contribution in [0.3, 0.4) is 0 Å². The van der Waals surface area contributed by atoms with E-state index in [1.165, 1.54) is 11.1 Å². The molecule has 0 atom stereocenters. The van der Waals surface area contributed by atoms with Crippen molar-refractivity contribution >= 4 is 0 Å². The highest BCUT2D eigenvalue weighted by molar-refractivity contribution is 5.21. The molecule has 1 heterocycles. The van der Waals surface area contributed by atoms with Crippen LogP contribution in [0.4, 0.5) is 0 Å². The fourth-order valence-corrected chi connectivity index (χ4v) is 2.05. The molecule has 1 saturated heterocycles. The van der Waals surface area contributed by atoms with Crippen LogP contribution in [0.15, 0.2) is 24.3 Å². The summed E-state index contributed by atoms with van der Waals surface area (Å²) in [7, 11) is 1.88. The Morgan fingerprint density at radius 2 is 1.75 bits per heavy atom. The monoisotopic (exact) mass is 221 g/mol. The van der Waals surface area contributed by atoms with Crippen LogP contribution in [0.25, 0.3) is 0 Å². The molecule has 1 aliphatic heterocycles. The molecule has 3 nitrogen and oxygen atoms in total. The Morgan fingerprint density at radius 3 is 2.31 bits per heavy atom. The molecule has 2 rings (SSSR count). The van der Waals surface area contributed by atoms with Gasteiger partial charge in [0.2, 0.25) is 0 Å². The van der Waals surface area contributed by atoms with Crippen LogP contribution >= 0.6 is 0 Å². The molecule has 1 aromatic rings. The van der Waals surface area contributed by atoms with Crippen molar-refractivity contribution < 1.29 is 9.85 Å². The summed E-state index contributed by atoms with van der Waals surface area (Å²) in [6.07, 6.45) is 0. The highest BCUT2D eigenvalue weighted by Crippen LogP contribution is 2.11. The summed E-state index contributed by atoms with van der Waals surface area (Å²) in [6.45, 7) is 6.71. The van der Waals surface area contributed by atoms with Gasteiger partial charge in [0.15, 0.2) is 0 Å². The van der Waals surface area contributed by atoms with Crippen molar-refractivity contribution in [2.24, 2.45) is 0 Å². The molecular weight excluding hydrogens is 200 g/mol. The number of benzene rings is 1. The number of likely N-dealkylation sites (N-methyl/N-ethyl adjacent to an activating group) is 1. The van der Waals surface area contributed by atoms with Crippen LogP contribution in [0.2, 0.25) is 0 Å². The number of hydrogen-bond donors (Lipinski definition) is 1. The second kappa shape index (κ2) is 4.53. The van der Waals surface area contributed by atoms with E-state index in [1.54, 1.807) is 0 Å². The summed E-state index contributed by atoms with van der Waals surface area (Å²) in [5.74, 6) is 0. The molecule has 1 fully saturated rings. The molecule has 3 heteroatoms. The first-order chi connectivity index (χ1) is 7.55. The average Bonchev–Trinajstić information content (AvgIpc) is 2.24. The summed E-state index contributed by atoms with van der Waals surface area (Å²) in [5, 5.41) is 9.81. The van der Waals surface area contributed by atoms with Crippen LogP contribution in [-0.4, -0.2) is 48.0 Å². The van der Waals surface area contributed by atoms with Crippen LogP contribution in [-0.2, 0) is 6.54 Å². The van der Waals surface area contributed by atoms with Crippen molar-refractivity contribution in [3.05, 3.63) is 35.4 Å². The predicted molar refractivity (Wildman–Crippen MR) is 64.2 cm³/mol. The van der Waals surface area contributed by atoms with Crippen molar-refractivity contribution in [2.45, 2.75) is 13.5 Å². The van der Waals surface area contributed by atoms with Crippen LogP contribution < -0.4 is 0 Å². The van der Waals surface area contributed by atoms with Gasteiger partial charge < -0.3 is 0 Å². The standard InChI is InChI=1S/C13H21N2O/c1-12-3-5-13(6-4-12)11-14-7-9-15(2,16)10-8-14/h3-6,16H,7-11H2,1-2H3/q+1. The van der Waals surface area contributed by atoms with Gasteiger partial charge in [-0.05, 0) is 12.5 Å². The highest BCUT2D eigenvalue weighted by atomic mass is 16.5. The molecule has 88 valence electrons. The Hall–Kier alpha value is -0.900. The molecule has 0 aromatic heterocycles. The smallest absolute Gasteiger partial charge is 0.121 e. The van der Waals surface area contributed by atoms with Gasteiger partial charge in [-0.2, -0.15) is 4.65 Å². The van der Waals surface area contributed by atoms with E-state index in [1.807, 2.05) is 7.05 Å². The zero-order valence-corrected chi connectivity index (χ0v) is 10.2. The number of piperazine rings is 1. The Balaban J connectivity index is 1.89. The van der Waals surface area contributed by atoms with Crippen molar-refractivity contribution in [2.75, 3.05) is 33.2 Å². The van der Waals surface area contributed by atoms with Gasteiger partial charge in [0.05, 0.1) is 20.1 Å². The summed E-state index contributed by atoms with van der Waals surface area (Å²) in [4.78, 5) is 2.40. The maximum absolute atomic E-state index is 9.81. The molecule has 0 spiro atoms. The molecule has 16 heavy (non-hydrogen) atoms. The quantitative estimate of drug-likeness (QED) is 0.768. The highest BCUT2D eigenvalue weighted by Gasteiger charge is 2.26. The van der Waals surface area contributed by atoms with Gasteiger partial charge in [-0.25, -0.2) is 5.21 Å². The van der Waals surface area contributed by atoms with E-state index in [2.05, 4.69) is 36.1 Å². The third kappa shape index (κ3) is 3.04. The van der Waals surface area contributed by atoms with Gasteiger partial charge in [0.1, 0.15) is 13.1 Å². The lowest BCUT2D eigenvalue weighted by Crippen LogP contribution is -2.54.